The minimum atomic E-state index is -4.66. The number of nitrogens with zero attached hydrogens (tertiary/aromatic N) is 4. The number of thioether (sulfide) groups is 1. The zero-order valence-corrected chi connectivity index (χ0v) is 25.1. The number of halogens is 4. The fourth-order valence-electron chi connectivity index (χ4n) is 4.63. The van der Waals surface area contributed by atoms with Gasteiger partial charge in [-0.3, -0.25) is 14.2 Å². The Labute approximate surface area is 259 Å². The number of aromatic nitrogens is 3. The molecule has 2 amide bonds. The lowest BCUT2D eigenvalue weighted by Gasteiger charge is -2.15. The molecule has 0 atom stereocenters. The quantitative estimate of drug-likeness (QED) is 0.183. The van der Waals surface area contributed by atoms with Gasteiger partial charge in [0.15, 0.2) is 11.0 Å². The Hall–Kier alpha value is -4.28. The molecular weight excluding hydrogens is 636 g/mol. The molecule has 5 rings (SSSR count). The molecule has 0 aliphatic carbocycles. The van der Waals surface area contributed by atoms with E-state index in [1.165, 1.54) is 69.5 Å². The van der Waals surface area contributed by atoms with E-state index in [-0.39, 0.29) is 39.4 Å². The first-order valence-corrected chi connectivity index (χ1v) is 16.0. The molecule has 16 heteroatoms. The number of nitrogens with one attached hydrogen (secondary N) is 2. The lowest BCUT2D eigenvalue weighted by molar-refractivity contribution is -0.137. The number of para-hydroxylation sites is 1. The second-order valence-electron chi connectivity index (χ2n) is 9.91. The number of hydrogen-bond donors (Lipinski definition) is 2. The van der Waals surface area contributed by atoms with Crippen LogP contribution in [0.1, 0.15) is 34.6 Å². The molecule has 0 spiro atoms. The van der Waals surface area contributed by atoms with Gasteiger partial charge in [-0.15, -0.1) is 10.2 Å². The second kappa shape index (κ2) is 13.4. The molecule has 0 bridgehead atoms. The SMILES string of the molecule is O=C(CSc1nnc(CNC(=O)c2ccc(S(=O)(=O)N3CCCC3)cc2)n1-c1ccc(F)cc1)Nc1ccccc1C(F)(F)F. The minimum Gasteiger partial charge on any atom is -0.345 e. The Morgan fingerprint density at radius 3 is 2.24 bits per heavy atom. The smallest absolute Gasteiger partial charge is 0.345 e. The van der Waals surface area contributed by atoms with Gasteiger partial charge in [0.1, 0.15) is 5.82 Å². The van der Waals surface area contributed by atoms with Crippen molar-refractivity contribution >= 4 is 39.3 Å². The molecule has 3 aromatic carbocycles. The largest absolute Gasteiger partial charge is 0.418 e. The van der Waals surface area contributed by atoms with Crippen molar-refractivity contribution in [3.05, 3.63) is 95.6 Å². The van der Waals surface area contributed by atoms with Crippen LogP contribution in [0.3, 0.4) is 0 Å². The number of benzene rings is 3. The summed E-state index contributed by atoms with van der Waals surface area (Å²) in [5, 5.41) is 13.3. The summed E-state index contributed by atoms with van der Waals surface area (Å²) >= 11 is 0.881. The highest BCUT2D eigenvalue weighted by atomic mass is 32.2. The number of amides is 2. The Morgan fingerprint density at radius 1 is 0.911 bits per heavy atom. The number of hydrogen-bond acceptors (Lipinski definition) is 7. The summed E-state index contributed by atoms with van der Waals surface area (Å²) in [6.45, 7) is 0.759. The monoisotopic (exact) mass is 662 g/mol. The summed E-state index contributed by atoms with van der Waals surface area (Å²) in [5.41, 5.74) is -0.763. The van der Waals surface area contributed by atoms with Gasteiger partial charge >= 0.3 is 6.18 Å². The predicted molar refractivity (Wildman–Crippen MR) is 158 cm³/mol. The zero-order valence-electron chi connectivity index (χ0n) is 23.4. The highest BCUT2D eigenvalue weighted by molar-refractivity contribution is 7.99. The second-order valence-corrected chi connectivity index (χ2v) is 12.8. The number of sulfonamides is 1. The molecule has 0 unspecified atom stereocenters. The standard InChI is InChI=1S/C29H26F4N6O4S2/c30-20-9-11-21(12-10-20)39-25(17-34-27(41)19-7-13-22(14-8-19)45(42,43)38-15-3-4-16-38)36-37-28(39)44-18-26(40)35-24-6-2-1-5-23(24)29(31,32)33/h1-2,5-14H,3-4,15-18H2,(H,34,41)(H,35,40). The highest BCUT2D eigenvalue weighted by Gasteiger charge is 2.33. The van der Waals surface area contributed by atoms with Crippen molar-refractivity contribution < 1.29 is 35.6 Å². The van der Waals surface area contributed by atoms with E-state index in [2.05, 4.69) is 20.8 Å². The normalized spacial score (nSPS) is 14.0. The van der Waals surface area contributed by atoms with E-state index < -0.39 is 39.4 Å². The van der Waals surface area contributed by atoms with Crippen molar-refractivity contribution in [2.75, 3.05) is 24.2 Å². The molecule has 1 fully saturated rings. The summed E-state index contributed by atoms with van der Waals surface area (Å²) in [4.78, 5) is 25.6. The third kappa shape index (κ3) is 7.51. The molecule has 4 aromatic rings. The summed E-state index contributed by atoms with van der Waals surface area (Å²) in [5.74, 6) is -1.87. The number of anilines is 1. The van der Waals surface area contributed by atoms with Crippen LogP contribution < -0.4 is 10.6 Å². The summed E-state index contributed by atoms with van der Waals surface area (Å²) < 4.78 is 82.1. The summed E-state index contributed by atoms with van der Waals surface area (Å²) in [6.07, 6.45) is -3.06. The Bertz CT molecular complexity index is 1790. The van der Waals surface area contributed by atoms with Gasteiger partial charge in [-0.1, -0.05) is 23.9 Å². The van der Waals surface area contributed by atoms with Gasteiger partial charge in [0, 0.05) is 24.3 Å². The minimum absolute atomic E-state index is 0.0876. The number of rotatable bonds is 10. The van der Waals surface area contributed by atoms with Gasteiger partial charge in [0.25, 0.3) is 5.91 Å². The van der Waals surface area contributed by atoms with Crippen molar-refractivity contribution in [3.63, 3.8) is 0 Å². The topological polar surface area (TPSA) is 126 Å². The highest BCUT2D eigenvalue weighted by Crippen LogP contribution is 2.34. The lowest BCUT2D eigenvalue weighted by Crippen LogP contribution is -2.28. The van der Waals surface area contributed by atoms with Crippen LogP contribution in [0.25, 0.3) is 5.69 Å². The maximum absolute atomic E-state index is 13.7. The third-order valence-electron chi connectivity index (χ3n) is 6.85. The van der Waals surface area contributed by atoms with Gasteiger partial charge in [-0.25, -0.2) is 12.8 Å². The Balaban J connectivity index is 1.29. The van der Waals surface area contributed by atoms with E-state index >= 15 is 0 Å². The van der Waals surface area contributed by atoms with Crippen molar-refractivity contribution in [2.45, 2.75) is 35.6 Å². The molecule has 1 saturated heterocycles. The molecule has 1 aliphatic heterocycles. The molecule has 1 aromatic heterocycles. The molecule has 45 heavy (non-hydrogen) atoms. The maximum atomic E-state index is 13.7. The van der Waals surface area contributed by atoms with Gasteiger partial charge in [-0.05, 0) is 73.5 Å². The Morgan fingerprint density at radius 2 is 1.58 bits per heavy atom. The van der Waals surface area contributed by atoms with E-state index in [0.29, 0.717) is 18.8 Å². The molecule has 2 N–H and O–H groups in total. The van der Waals surface area contributed by atoms with Gasteiger partial charge in [-0.2, -0.15) is 17.5 Å². The average Bonchev–Trinajstić information content (AvgIpc) is 3.70. The molecule has 10 nitrogen and oxygen atoms in total. The van der Waals surface area contributed by atoms with Crippen LogP contribution in [0.5, 0.6) is 0 Å². The van der Waals surface area contributed by atoms with E-state index in [4.69, 9.17) is 0 Å². The lowest BCUT2D eigenvalue weighted by atomic mass is 10.1. The summed E-state index contributed by atoms with van der Waals surface area (Å²) in [6, 6.07) is 15.4. The fourth-order valence-corrected chi connectivity index (χ4v) is 6.92. The number of carbonyl (C=O) groups is 2. The number of carbonyl (C=O) groups excluding carboxylic acids is 2. The zero-order chi connectivity index (χ0) is 32.2. The molecule has 2 heterocycles. The van der Waals surface area contributed by atoms with E-state index in [9.17, 15) is 35.6 Å². The molecule has 0 radical (unpaired) electrons. The van der Waals surface area contributed by atoms with Gasteiger partial charge in [0.05, 0.1) is 28.4 Å². The predicted octanol–water partition coefficient (Wildman–Crippen LogP) is 4.87. The van der Waals surface area contributed by atoms with Crippen LogP contribution in [0, 0.1) is 5.82 Å². The van der Waals surface area contributed by atoms with E-state index in [1.807, 2.05) is 0 Å². The van der Waals surface area contributed by atoms with Crippen LogP contribution in [-0.4, -0.2) is 58.1 Å². The summed E-state index contributed by atoms with van der Waals surface area (Å²) in [7, 11) is -3.64. The van der Waals surface area contributed by atoms with E-state index in [0.717, 1.165) is 36.7 Å². The average molecular weight is 663 g/mol. The van der Waals surface area contributed by atoms with Gasteiger partial charge < -0.3 is 10.6 Å². The first kappa shape index (κ1) is 32.1. The van der Waals surface area contributed by atoms with Crippen LogP contribution in [-0.2, 0) is 27.5 Å². The van der Waals surface area contributed by atoms with Crippen LogP contribution in [0.15, 0.2) is 82.8 Å². The first-order valence-electron chi connectivity index (χ1n) is 13.6. The molecule has 236 valence electrons. The van der Waals surface area contributed by atoms with Crippen molar-refractivity contribution in [2.24, 2.45) is 0 Å². The van der Waals surface area contributed by atoms with Crippen molar-refractivity contribution in [3.8, 4) is 5.69 Å². The molecule has 1 aliphatic rings. The van der Waals surface area contributed by atoms with E-state index in [1.54, 1.807) is 0 Å². The van der Waals surface area contributed by atoms with Crippen LogP contribution >= 0.6 is 11.8 Å². The van der Waals surface area contributed by atoms with Crippen molar-refractivity contribution in [1.29, 1.82) is 0 Å². The first-order chi connectivity index (χ1) is 21.4. The third-order valence-corrected chi connectivity index (χ3v) is 9.69. The molecular formula is C29H26F4N6O4S2. The van der Waals surface area contributed by atoms with Crippen LogP contribution in [0.2, 0.25) is 0 Å². The van der Waals surface area contributed by atoms with Gasteiger partial charge in [0.2, 0.25) is 15.9 Å². The Kier molecular flexibility index (Phi) is 9.55. The maximum Gasteiger partial charge on any atom is 0.418 e. The fraction of sp³-hybridized carbons (Fsp3) is 0.241. The molecule has 0 saturated carbocycles. The van der Waals surface area contributed by atoms with Crippen molar-refractivity contribution in [1.82, 2.24) is 24.4 Å². The number of alkyl halides is 3. The van der Waals surface area contributed by atoms with Crippen LogP contribution in [0.4, 0.5) is 23.2 Å².